The van der Waals surface area contributed by atoms with E-state index in [0.717, 1.165) is 37.1 Å². The number of nitrogens with one attached hydrogen (secondary N) is 3. The fourth-order valence-corrected chi connectivity index (χ4v) is 8.54. The third-order valence-electron chi connectivity index (χ3n) is 9.30. The fourth-order valence-electron chi connectivity index (χ4n) is 6.28. The molecule has 0 radical (unpaired) electrons. The predicted octanol–water partition coefficient (Wildman–Crippen LogP) is 3.74. The van der Waals surface area contributed by atoms with Crippen LogP contribution in [0.5, 0.6) is 5.75 Å². The number of hydrogen-bond donors (Lipinski definition) is 4. The van der Waals surface area contributed by atoms with Gasteiger partial charge in [-0.05, 0) is 86.1 Å². The van der Waals surface area contributed by atoms with Crippen molar-refractivity contribution in [3.05, 3.63) is 78.4 Å². The molecular formula is C36H50N4O7S2. The summed E-state index contributed by atoms with van der Waals surface area (Å²) < 4.78 is 67.2. The maximum atomic E-state index is 13.7. The Kier molecular flexibility index (Phi) is 12.5. The number of benzene rings is 3. The molecular weight excluding hydrogens is 665 g/mol. The van der Waals surface area contributed by atoms with Crippen molar-refractivity contribution in [2.45, 2.75) is 73.6 Å². The summed E-state index contributed by atoms with van der Waals surface area (Å²) in [5.74, 6) is 1.02. The molecule has 1 spiro atoms. The number of nitrogens with zero attached hydrogens (tertiary/aromatic N) is 1. The molecule has 2 aliphatic rings. The average molecular weight is 715 g/mol. The molecule has 4 N–H and O–H groups in total. The van der Waals surface area contributed by atoms with Gasteiger partial charge in [0.15, 0.2) is 0 Å². The molecule has 0 aromatic heterocycles. The van der Waals surface area contributed by atoms with Crippen molar-refractivity contribution in [1.82, 2.24) is 19.7 Å². The van der Waals surface area contributed by atoms with Crippen molar-refractivity contribution in [3.63, 3.8) is 0 Å². The monoisotopic (exact) mass is 714 g/mol. The predicted molar refractivity (Wildman–Crippen MR) is 190 cm³/mol. The van der Waals surface area contributed by atoms with Crippen LogP contribution >= 0.6 is 0 Å². The van der Waals surface area contributed by atoms with E-state index in [1.165, 1.54) is 24.7 Å². The van der Waals surface area contributed by atoms with Gasteiger partial charge >= 0.3 is 0 Å². The first-order chi connectivity index (χ1) is 23.4. The second kappa shape index (κ2) is 16.4. The minimum atomic E-state index is -3.68. The summed E-state index contributed by atoms with van der Waals surface area (Å²) in [6, 6.07) is 21.6. The van der Waals surface area contributed by atoms with Gasteiger partial charge in [0.05, 0.1) is 22.0 Å². The Bertz CT molecular complexity index is 1740. The lowest BCUT2D eigenvalue weighted by molar-refractivity contribution is -0.0312. The van der Waals surface area contributed by atoms with Crippen molar-refractivity contribution >= 4 is 20.0 Å². The molecule has 0 saturated carbocycles. The summed E-state index contributed by atoms with van der Waals surface area (Å²) >= 11 is 0. The van der Waals surface area contributed by atoms with Crippen molar-refractivity contribution in [2.24, 2.45) is 5.92 Å². The molecule has 0 aliphatic carbocycles. The molecule has 2 saturated heterocycles. The van der Waals surface area contributed by atoms with Gasteiger partial charge in [0.1, 0.15) is 18.5 Å². The van der Waals surface area contributed by atoms with Crippen LogP contribution in [0, 0.1) is 5.92 Å². The Morgan fingerprint density at radius 3 is 2.39 bits per heavy atom. The lowest BCUT2D eigenvalue weighted by Crippen LogP contribution is -2.47. The van der Waals surface area contributed by atoms with Gasteiger partial charge in [0.25, 0.3) is 0 Å². The number of hydrogen-bond acceptors (Lipinski definition) is 9. The van der Waals surface area contributed by atoms with Crippen LogP contribution in [0.2, 0.25) is 0 Å². The first kappa shape index (κ1) is 37.4. The molecule has 49 heavy (non-hydrogen) atoms. The smallest absolute Gasteiger partial charge is 0.243 e. The third-order valence-corrected chi connectivity index (χ3v) is 12.6. The highest BCUT2D eigenvalue weighted by atomic mass is 32.2. The molecule has 2 aliphatic heterocycles. The summed E-state index contributed by atoms with van der Waals surface area (Å²) in [5, 5.41) is 17.3. The number of aliphatic hydroxyl groups is 1. The number of rotatable bonds is 16. The summed E-state index contributed by atoms with van der Waals surface area (Å²) in [4.78, 5) is 0.376. The molecule has 3 aromatic rings. The quantitative estimate of drug-likeness (QED) is 0.163. The molecule has 2 atom stereocenters. The third kappa shape index (κ3) is 9.89. The number of ether oxygens (including phenoxy) is 2. The second-order valence-electron chi connectivity index (χ2n) is 13.4. The van der Waals surface area contributed by atoms with E-state index < -0.39 is 31.8 Å². The molecule has 13 heteroatoms. The highest BCUT2D eigenvalue weighted by Gasteiger charge is 2.44. The van der Waals surface area contributed by atoms with Crippen LogP contribution in [0.25, 0.3) is 11.1 Å². The molecule has 3 aromatic carbocycles. The molecule has 5 rings (SSSR count). The second-order valence-corrected chi connectivity index (χ2v) is 17.3. The van der Waals surface area contributed by atoms with E-state index in [-0.39, 0.29) is 24.1 Å². The molecule has 2 fully saturated rings. The van der Waals surface area contributed by atoms with Crippen LogP contribution in [0.3, 0.4) is 0 Å². The summed E-state index contributed by atoms with van der Waals surface area (Å²) in [5.41, 5.74) is 2.63. The van der Waals surface area contributed by atoms with E-state index in [1.54, 1.807) is 34.6 Å². The van der Waals surface area contributed by atoms with E-state index in [4.69, 9.17) is 9.47 Å². The van der Waals surface area contributed by atoms with Crippen molar-refractivity contribution in [2.75, 3.05) is 46.4 Å². The minimum absolute atomic E-state index is 0.00977. The number of aliphatic hydroxyl groups excluding tert-OH is 1. The van der Waals surface area contributed by atoms with Crippen LogP contribution < -0.4 is 20.1 Å². The summed E-state index contributed by atoms with van der Waals surface area (Å²) in [7, 11) is -5.93. The standard InChI is InChI=1S/C36H50N4O7S2/c1-27(2)14-17-38-23-28-10-12-29(13-11-28)30-6-4-9-35(20-30)49(44,45)40-18-15-36(16-19-40)22-31(25-47-36)39-24-32(41)26-46-33-7-5-8-34(21-33)48(42,43)37-3/h4-13,20-21,27,31-32,37-39,41H,14-19,22-26H2,1-3H3/t31-,32-/m0/s1. The molecule has 2 heterocycles. The maximum absolute atomic E-state index is 13.7. The maximum Gasteiger partial charge on any atom is 0.243 e. The van der Waals surface area contributed by atoms with Gasteiger partial charge in [-0.25, -0.2) is 21.6 Å². The van der Waals surface area contributed by atoms with E-state index in [0.29, 0.717) is 49.1 Å². The Morgan fingerprint density at radius 2 is 1.67 bits per heavy atom. The van der Waals surface area contributed by atoms with Crippen molar-refractivity contribution in [1.29, 1.82) is 0 Å². The molecule has 0 amide bonds. The van der Waals surface area contributed by atoms with Gasteiger partial charge in [0.2, 0.25) is 20.0 Å². The molecule has 0 unspecified atom stereocenters. The zero-order chi connectivity index (χ0) is 35.1. The van der Waals surface area contributed by atoms with Crippen molar-refractivity contribution < 1.29 is 31.4 Å². The largest absolute Gasteiger partial charge is 0.491 e. The number of sulfonamides is 2. The fraction of sp³-hybridized carbons (Fsp3) is 0.500. The highest BCUT2D eigenvalue weighted by Crippen LogP contribution is 2.37. The average Bonchev–Trinajstić information content (AvgIpc) is 3.50. The Morgan fingerprint density at radius 1 is 0.959 bits per heavy atom. The van der Waals surface area contributed by atoms with Crippen LogP contribution in [0.4, 0.5) is 0 Å². The minimum Gasteiger partial charge on any atom is -0.491 e. The Balaban J connectivity index is 1.08. The summed E-state index contributed by atoms with van der Waals surface area (Å²) in [6.45, 7) is 7.69. The molecule has 0 bridgehead atoms. The van der Waals surface area contributed by atoms with Crippen LogP contribution in [-0.4, -0.2) is 90.4 Å². The van der Waals surface area contributed by atoms with Crippen LogP contribution in [0.15, 0.2) is 82.6 Å². The molecule has 268 valence electrons. The van der Waals surface area contributed by atoms with E-state index in [9.17, 15) is 21.9 Å². The van der Waals surface area contributed by atoms with Gasteiger partial charge in [-0.1, -0.05) is 56.3 Å². The van der Waals surface area contributed by atoms with Gasteiger partial charge in [-0.15, -0.1) is 0 Å². The van der Waals surface area contributed by atoms with Crippen LogP contribution in [0.1, 0.15) is 45.1 Å². The normalized spacial score (nSPS) is 19.0. The van der Waals surface area contributed by atoms with Crippen LogP contribution in [-0.2, 0) is 31.3 Å². The van der Waals surface area contributed by atoms with Gasteiger partial charge in [0, 0.05) is 38.3 Å². The van der Waals surface area contributed by atoms with Gasteiger partial charge < -0.3 is 25.2 Å². The Hall–Kier alpha value is -2.88. The lowest BCUT2D eigenvalue weighted by atomic mass is 9.88. The topological polar surface area (TPSA) is 146 Å². The van der Waals surface area contributed by atoms with E-state index in [1.807, 2.05) is 18.2 Å². The summed E-state index contributed by atoms with van der Waals surface area (Å²) in [6.07, 6.45) is 2.22. The Labute approximate surface area is 291 Å². The molecule has 11 nitrogen and oxygen atoms in total. The zero-order valence-electron chi connectivity index (χ0n) is 28.6. The first-order valence-electron chi connectivity index (χ1n) is 17.0. The highest BCUT2D eigenvalue weighted by molar-refractivity contribution is 7.89. The SMILES string of the molecule is CNS(=O)(=O)c1cccc(OC[C@@H](O)CN[C@@H]2COC3(CCN(S(=O)(=O)c4cccc(-c5ccc(CNCCC(C)C)cc5)c4)CC3)C2)c1. The van der Waals surface area contributed by atoms with E-state index in [2.05, 4.69) is 41.3 Å². The number of piperidine rings is 1. The first-order valence-corrected chi connectivity index (χ1v) is 19.9. The van der Waals surface area contributed by atoms with Crippen molar-refractivity contribution in [3.8, 4) is 16.9 Å². The van der Waals surface area contributed by atoms with E-state index >= 15 is 0 Å². The van der Waals surface area contributed by atoms with Gasteiger partial charge in [-0.2, -0.15) is 4.31 Å². The zero-order valence-corrected chi connectivity index (χ0v) is 30.2. The van der Waals surface area contributed by atoms with Gasteiger partial charge in [-0.3, -0.25) is 0 Å². The lowest BCUT2D eigenvalue weighted by Gasteiger charge is -2.38.